The number of methoxy groups -OCH3 is 1. The van der Waals surface area contributed by atoms with Crippen molar-refractivity contribution in [1.82, 2.24) is 15.3 Å². The fourth-order valence-electron chi connectivity index (χ4n) is 2.14. The van der Waals surface area contributed by atoms with Crippen LogP contribution in [0.1, 0.15) is 5.69 Å². The van der Waals surface area contributed by atoms with Gasteiger partial charge < -0.3 is 14.8 Å². The number of aromatic nitrogens is 2. The average Bonchev–Trinajstić information content (AvgIpc) is 3.14. The molecule has 0 radical (unpaired) electrons. The molecule has 128 valence electrons. The molecule has 2 heterocycles. The minimum absolute atomic E-state index is 0.0816. The summed E-state index contributed by atoms with van der Waals surface area (Å²) in [6.45, 7) is 0.275. The minimum Gasteiger partial charge on any atom is -0.493 e. The predicted octanol–water partition coefficient (Wildman–Crippen LogP) is 2.91. The van der Waals surface area contributed by atoms with Crippen molar-refractivity contribution in [2.75, 3.05) is 13.7 Å². The molecule has 0 atom stereocenters. The van der Waals surface area contributed by atoms with Crippen LogP contribution >= 0.6 is 11.3 Å². The molecule has 0 aliphatic carbocycles. The number of benzene rings is 1. The molecule has 0 fully saturated rings. The maximum Gasteiger partial charge on any atom is 0.258 e. The van der Waals surface area contributed by atoms with Gasteiger partial charge in [0.25, 0.3) is 5.91 Å². The van der Waals surface area contributed by atoms with Gasteiger partial charge in [0.2, 0.25) is 0 Å². The van der Waals surface area contributed by atoms with Crippen LogP contribution in [0, 0.1) is 0 Å². The highest BCUT2D eigenvalue weighted by Crippen LogP contribution is 2.25. The second-order valence-corrected chi connectivity index (χ2v) is 5.95. The molecule has 0 unspecified atom stereocenters. The summed E-state index contributed by atoms with van der Waals surface area (Å²) in [6, 6.07) is 11.0. The third-order valence-electron chi connectivity index (χ3n) is 3.37. The van der Waals surface area contributed by atoms with Gasteiger partial charge in [-0.15, -0.1) is 11.3 Å². The summed E-state index contributed by atoms with van der Waals surface area (Å²) in [5.74, 6) is 0.912. The Balaban J connectivity index is 1.50. The van der Waals surface area contributed by atoms with E-state index in [0.29, 0.717) is 18.0 Å². The SMILES string of the molecule is COc1ccccc1OCC(=O)NCc1csc(-c2ccncc2)n1. The van der Waals surface area contributed by atoms with Gasteiger partial charge in [0.1, 0.15) is 5.01 Å². The largest absolute Gasteiger partial charge is 0.493 e. The monoisotopic (exact) mass is 355 g/mol. The second-order valence-electron chi connectivity index (χ2n) is 5.10. The molecule has 2 aromatic heterocycles. The summed E-state index contributed by atoms with van der Waals surface area (Å²) in [5.41, 5.74) is 1.82. The molecule has 1 amide bonds. The van der Waals surface area contributed by atoms with Crippen molar-refractivity contribution in [2.24, 2.45) is 0 Å². The zero-order valence-electron chi connectivity index (χ0n) is 13.6. The highest BCUT2D eigenvalue weighted by molar-refractivity contribution is 7.13. The van der Waals surface area contributed by atoms with Gasteiger partial charge in [-0.3, -0.25) is 9.78 Å². The summed E-state index contributed by atoms with van der Waals surface area (Å²) >= 11 is 1.53. The Kier molecular flexibility index (Phi) is 5.58. The smallest absolute Gasteiger partial charge is 0.258 e. The molecule has 0 aliphatic rings. The Morgan fingerprint density at radius 2 is 1.92 bits per heavy atom. The fourth-order valence-corrected chi connectivity index (χ4v) is 2.96. The number of para-hydroxylation sites is 2. The minimum atomic E-state index is -0.218. The predicted molar refractivity (Wildman–Crippen MR) is 95.7 cm³/mol. The van der Waals surface area contributed by atoms with Gasteiger partial charge >= 0.3 is 0 Å². The molecule has 0 bridgehead atoms. The van der Waals surface area contributed by atoms with Crippen molar-refractivity contribution in [3.8, 4) is 22.1 Å². The molecule has 3 rings (SSSR count). The van der Waals surface area contributed by atoms with Gasteiger partial charge in [0.05, 0.1) is 19.3 Å². The quantitative estimate of drug-likeness (QED) is 0.705. The molecule has 0 saturated carbocycles. The number of amides is 1. The van der Waals surface area contributed by atoms with E-state index in [0.717, 1.165) is 16.3 Å². The van der Waals surface area contributed by atoms with Crippen LogP contribution in [0.4, 0.5) is 0 Å². The van der Waals surface area contributed by atoms with Crippen molar-refractivity contribution in [1.29, 1.82) is 0 Å². The van der Waals surface area contributed by atoms with E-state index in [2.05, 4.69) is 15.3 Å². The zero-order chi connectivity index (χ0) is 17.5. The molecular weight excluding hydrogens is 338 g/mol. The molecule has 1 N–H and O–H groups in total. The Bertz CT molecular complexity index is 836. The highest BCUT2D eigenvalue weighted by atomic mass is 32.1. The van der Waals surface area contributed by atoms with E-state index in [1.807, 2.05) is 29.6 Å². The Labute approximate surface area is 149 Å². The number of ether oxygens (including phenoxy) is 2. The van der Waals surface area contributed by atoms with Gasteiger partial charge in [-0.2, -0.15) is 0 Å². The normalized spacial score (nSPS) is 10.3. The van der Waals surface area contributed by atoms with Crippen LogP contribution in [-0.4, -0.2) is 29.6 Å². The summed E-state index contributed by atoms with van der Waals surface area (Å²) in [7, 11) is 1.56. The van der Waals surface area contributed by atoms with E-state index in [1.165, 1.54) is 11.3 Å². The van der Waals surface area contributed by atoms with Crippen molar-refractivity contribution in [3.05, 3.63) is 59.9 Å². The second kappa shape index (κ2) is 8.25. The Hall–Kier alpha value is -2.93. The molecule has 7 heteroatoms. The summed E-state index contributed by atoms with van der Waals surface area (Å²) in [6.07, 6.45) is 3.46. The van der Waals surface area contributed by atoms with E-state index in [9.17, 15) is 4.79 Å². The van der Waals surface area contributed by atoms with Crippen LogP contribution < -0.4 is 14.8 Å². The zero-order valence-corrected chi connectivity index (χ0v) is 14.5. The van der Waals surface area contributed by atoms with Crippen LogP contribution in [0.2, 0.25) is 0 Å². The summed E-state index contributed by atoms with van der Waals surface area (Å²) in [4.78, 5) is 20.5. The van der Waals surface area contributed by atoms with Crippen molar-refractivity contribution in [3.63, 3.8) is 0 Å². The number of rotatable bonds is 7. The van der Waals surface area contributed by atoms with Crippen LogP contribution in [0.3, 0.4) is 0 Å². The first-order valence-corrected chi connectivity index (χ1v) is 8.51. The number of thiazole rings is 1. The lowest BCUT2D eigenvalue weighted by Crippen LogP contribution is -2.28. The fraction of sp³-hybridized carbons (Fsp3) is 0.167. The lowest BCUT2D eigenvalue weighted by Gasteiger charge is -2.10. The first-order valence-electron chi connectivity index (χ1n) is 7.63. The summed E-state index contributed by atoms with van der Waals surface area (Å²) < 4.78 is 10.7. The van der Waals surface area contributed by atoms with E-state index in [-0.39, 0.29) is 12.5 Å². The number of nitrogens with one attached hydrogen (secondary N) is 1. The van der Waals surface area contributed by atoms with Crippen molar-refractivity contribution in [2.45, 2.75) is 6.54 Å². The topological polar surface area (TPSA) is 73.3 Å². The van der Waals surface area contributed by atoms with E-state index in [1.54, 1.807) is 31.6 Å². The van der Waals surface area contributed by atoms with Crippen molar-refractivity contribution < 1.29 is 14.3 Å². The van der Waals surface area contributed by atoms with Gasteiger partial charge in [0.15, 0.2) is 18.1 Å². The molecule has 0 aliphatic heterocycles. The Morgan fingerprint density at radius 3 is 2.68 bits per heavy atom. The van der Waals surface area contributed by atoms with Gasteiger partial charge in [-0.25, -0.2) is 4.98 Å². The van der Waals surface area contributed by atoms with E-state index >= 15 is 0 Å². The number of hydrogen-bond donors (Lipinski definition) is 1. The molecule has 3 aromatic rings. The molecular formula is C18H17N3O3S. The average molecular weight is 355 g/mol. The molecule has 0 spiro atoms. The van der Waals surface area contributed by atoms with Gasteiger partial charge in [-0.05, 0) is 24.3 Å². The van der Waals surface area contributed by atoms with Crippen LogP contribution in [-0.2, 0) is 11.3 Å². The highest BCUT2D eigenvalue weighted by Gasteiger charge is 2.09. The lowest BCUT2D eigenvalue weighted by molar-refractivity contribution is -0.123. The van der Waals surface area contributed by atoms with E-state index in [4.69, 9.17) is 9.47 Å². The van der Waals surface area contributed by atoms with Crippen molar-refractivity contribution >= 4 is 17.2 Å². The van der Waals surface area contributed by atoms with Crippen LogP contribution in [0.5, 0.6) is 11.5 Å². The molecule has 6 nitrogen and oxygen atoms in total. The number of pyridine rings is 1. The van der Waals surface area contributed by atoms with E-state index < -0.39 is 0 Å². The lowest BCUT2D eigenvalue weighted by atomic mass is 10.3. The number of carbonyl (C=O) groups excluding carboxylic acids is 1. The van der Waals surface area contributed by atoms with Gasteiger partial charge in [-0.1, -0.05) is 12.1 Å². The standard InChI is InChI=1S/C18H17N3O3S/c1-23-15-4-2-3-5-16(15)24-11-17(22)20-10-14-12-25-18(21-14)13-6-8-19-9-7-13/h2-9,12H,10-11H2,1H3,(H,20,22). The van der Waals surface area contributed by atoms with Crippen LogP contribution in [0.15, 0.2) is 54.2 Å². The molecule has 0 saturated heterocycles. The number of nitrogens with zero attached hydrogens (tertiary/aromatic N) is 2. The van der Waals surface area contributed by atoms with Gasteiger partial charge in [0, 0.05) is 23.3 Å². The van der Waals surface area contributed by atoms with Crippen LogP contribution in [0.25, 0.3) is 10.6 Å². The first kappa shape index (κ1) is 16.9. The third-order valence-corrected chi connectivity index (χ3v) is 4.31. The third kappa shape index (κ3) is 4.54. The number of carbonyl (C=O) groups is 1. The maximum atomic E-state index is 12.0. The molecule has 25 heavy (non-hydrogen) atoms. The maximum absolute atomic E-state index is 12.0. The molecule has 1 aromatic carbocycles. The first-order chi connectivity index (χ1) is 12.3. The number of hydrogen-bond acceptors (Lipinski definition) is 6. The Morgan fingerprint density at radius 1 is 1.16 bits per heavy atom. The summed E-state index contributed by atoms with van der Waals surface area (Å²) in [5, 5.41) is 5.63.